The van der Waals surface area contributed by atoms with Gasteiger partial charge < -0.3 is 9.80 Å². The summed E-state index contributed by atoms with van der Waals surface area (Å²) >= 11 is 0. The molecule has 1 rings (SSSR count). The molecule has 0 fully saturated rings. The first-order valence-corrected chi connectivity index (χ1v) is 12.0. The van der Waals surface area contributed by atoms with E-state index in [4.69, 9.17) is 0 Å². The van der Waals surface area contributed by atoms with Crippen LogP contribution in [0.15, 0.2) is 12.4 Å². The van der Waals surface area contributed by atoms with Crippen LogP contribution >= 0.6 is 0 Å². The summed E-state index contributed by atoms with van der Waals surface area (Å²) in [5.74, 6) is 0. The second-order valence-electron chi connectivity index (χ2n) is 8.39. The van der Waals surface area contributed by atoms with E-state index in [2.05, 4.69) is 43.1 Å². The number of rotatable bonds is 18. The van der Waals surface area contributed by atoms with Crippen molar-refractivity contribution >= 4 is 0 Å². The molecule has 0 saturated carbocycles. The fourth-order valence-corrected chi connectivity index (χ4v) is 4.21. The van der Waals surface area contributed by atoms with Crippen LogP contribution in [-0.4, -0.2) is 29.6 Å². The average molecular weight is 365 g/mol. The van der Waals surface area contributed by atoms with E-state index in [0.717, 1.165) is 0 Å². The van der Waals surface area contributed by atoms with Crippen molar-refractivity contribution in [3.63, 3.8) is 0 Å². The van der Waals surface area contributed by atoms with Crippen LogP contribution in [-0.2, 0) is 0 Å². The third-order valence-electron chi connectivity index (χ3n) is 5.98. The van der Waals surface area contributed by atoms with Crippen LogP contribution in [0.5, 0.6) is 0 Å². The number of nitrogens with zero attached hydrogens (tertiary/aromatic N) is 2. The van der Waals surface area contributed by atoms with Crippen molar-refractivity contribution in [2.75, 3.05) is 13.6 Å². The third-order valence-corrected chi connectivity index (χ3v) is 5.98. The first-order valence-electron chi connectivity index (χ1n) is 12.0. The summed E-state index contributed by atoms with van der Waals surface area (Å²) in [4.78, 5) is 4.86. The quantitative estimate of drug-likeness (QED) is 0.230. The average Bonchev–Trinajstić information content (AvgIpc) is 3.01. The van der Waals surface area contributed by atoms with Crippen LogP contribution in [0.3, 0.4) is 0 Å². The lowest BCUT2D eigenvalue weighted by Gasteiger charge is -2.29. The predicted molar refractivity (Wildman–Crippen MR) is 117 cm³/mol. The van der Waals surface area contributed by atoms with Crippen LogP contribution in [0.4, 0.5) is 0 Å². The van der Waals surface area contributed by atoms with Gasteiger partial charge in [0.25, 0.3) is 0 Å². The molecular formula is C24H48N2. The maximum absolute atomic E-state index is 2.52. The van der Waals surface area contributed by atoms with E-state index < -0.39 is 0 Å². The van der Waals surface area contributed by atoms with Crippen LogP contribution in [0.1, 0.15) is 123 Å². The van der Waals surface area contributed by atoms with Gasteiger partial charge in [-0.05, 0) is 12.8 Å². The Labute approximate surface area is 165 Å². The molecule has 0 aliphatic carbocycles. The van der Waals surface area contributed by atoms with Crippen LogP contribution in [0, 0.1) is 0 Å². The lowest BCUT2D eigenvalue weighted by Crippen LogP contribution is -2.36. The topological polar surface area (TPSA) is 6.48 Å². The van der Waals surface area contributed by atoms with E-state index in [9.17, 15) is 0 Å². The molecular weight excluding hydrogens is 316 g/mol. The Morgan fingerprint density at radius 2 is 1.00 bits per heavy atom. The van der Waals surface area contributed by atoms with Crippen molar-refractivity contribution in [1.29, 1.82) is 0 Å². The zero-order valence-electron chi connectivity index (χ0n) is 18.4. The Bertz CT molecular complexity index is 326. The van der Waals surface area contributed by atoms with Crippen molar-refractivity contribution in [1.82, 2.24) is 9.80 Å². The Kier molecular flexibility index (Phi) is 14.8. The molecule has 0 aromatic rings. The molecule has 1 unspecified atom stereocenters. The van der Waals surface area contributed by atoms with Gasteiger partial charge in [-0.3, -0.25) is 0 Å². The van der Waals surface area contributed by atoms with E-state index in [1.165, 1.54) is 116 Å². The smallest absolute Gasteiger partial charge is 0.100 e. The molecule has 1 aliphatic heterocycles. The monoisotopic (exact) mass is 364 g/mol. The zero-order valence-corrected chi connectivity index (χ0v) is 18.4. The van der Waals surface area contributed by atoms with E-state index in [1.54, 1.807) is 0 Å². The molecule has 0 radical (unpaired) electrons. The van der Waals surface area contributed by atoms with Gasteiger partial charge in [-0.15, -0.1) is 0 Å². The number of hydrogen-bond acceptors (Lipinski definition) is 2. The fourth-order valence-electron chi connectivity index (χ4n) is 4.21. The predicted octanol–water partition coefficient (Wildman–Crippen LogP) is 7.70. The summed E-state index contributed by atoms with van der Waals surface area (Å²) in [7, 11) is 2.19. The molecule has 26 heavy (non-hydrogen) atoms. The van der Waals surface area contributed by atoms with Gasteiger partial charge in [-0.1, -0.05) is 110 Å². The van der Waals surface area contributed by atoms with Crippen molar-refractivity contribution in [3.05, 3.63) is 12.4 Å². The van der Waals surface area contributed by atoms with Gasteiger partial charge in [0.05, 0.1) is 0 Å². The third kappa shape index (κ3) is 11.1. The lowest BCUT2D eigenvalue weighted by atomic mass is 10.0. The molecule has 0 saturated heterocycles. The maximum Gasteiger partial charge on any atom is 0.100 e. The summed E-state index contributed by atoms with van der Waals surface area (Å²) in [6.07, 6.45) is 29.5. The highest BCUT2D eigenvalue weighted by molar-refractivity contribution is 4.94. The van der Waals surface area contributed by atoms with Crippen LogP contribution < -0.4 is 0 Å². The normalized spacial score (nSPS) is 16.8. The Morgan fingerprint density at radius 1 is 0.577 bits per heavy atom. The van der Waals surface area contributed by atoms with Gasteiger partial charge in [0.1, 0.15) is 6.17 Å². The SMILES string of the molecule is CCCCCCCCCCCCCCCCCCN1C=CN(C)C1CC. The molecule has 1 aliphatic rings. The minimum atomic E-state index is 0.603. The summed E-state index contributed by atoms with van der Waals surface area (Å²) in [5.41, 5.74) is 0. The van der Waals surface area contributed by atoms with Crippen molar-refractivity contribution < 1.29 is 0 Å². The highest BCUT2D eigenvalue weighted by atomic mass is 15.4. The molecule has 0 amide bonds. The largest absolute Gasteiger partial charge is 0.359 e. The fraction of sp³-hybridized carbons (Fsp3) is 0.917. The van der Waals surface area contributed by atoms with E-state index in [1.807, 2.05) is 0 Å². The standard InChI is InChI=1S/C24H48N2/c1-4-6-7-8-9-10-11-12-13-14-15-16-17-18-19-20-21-26-23-22-25(3)24(26)5-2/h22-24H,4-21H2,1-3H3. The first kappa shape index (κ1) is 23.4. The highest BCUT2D eigenvalue weighted by Gasteiger charge is 2.20. The molecule has 1 atom stereocenters. The van der Waals surface area contributed by atoms with Gasteiger partial charge in [-0.2, -0.15) is 0 Å². The van der Waals surface area contributed by atoms with Crippen molar-refractivity contribution in [2.24, 2.45) is 0 Å². The molecule has 2 nitrogen and oxygen atoms in total. The van der Waals surface area contributed by atoms with Gasteiger partial charge >= 0.3 is 0 Å². The minimum Gasteiger partial charge on any atom is -0.359 e. The maximum atomic E-state index is 2.52. The molecule has 0 aromatic carbocycles. The van der Waals surface area contributed by atoms with Gasteiger partial charge in [0.2, 0.25) is 0 Å². The zero-order chi connectivity index (χ0) is 18.9. The van der Waals surface area contributed by atoms with E-state index in [0.29, 0.717) is 6.17 Å². The molecule has 154 valence electrons. The molecule has 1 heterocycles. The van der Waals surface area contributed by atoms with Crippen LogP contribution in [0.2, 0.25) is 0 Å². The second-order valence-corrected chi connectivity index (χ2v) is 8.39. The van der Waals surface area contributed by atoms with Crippen LogP contribution in [0.25, 0.3) is 0 Å². The molecule has 0 aromatic heterocycles. The first-order chi connectivity index (χ1) is 12.8. The minimum absolute atomic E-state index is 0.603. The molecule has 0 spiro atoms. The Hall–Kier alpha value is -0.660. The van der Waals surface area contributed by atoms with E-state index >= 15 is 0 Å². The van der Waals surface area contributed by atoms with E-state index in [-0.39, 0.29) is 0 Å². The Morgan fingerprint density at radius 3 is 1.42 bits per heavy atom. The summed E-state index contributed by atoms with van der Waals surface area (Å²) in [5, 5.41) is 0. The summed E-state index contributed by atoms with van der Waals surface area (Å²) in [6, 6.07) is 0. The van der Waals surface area contributed by atoms with Gasteiger partial charge in [0.15, 0.2) is 0 Å². The molecule has 2 heteroatoms. The lowest BCUT2D eigenvalue weighted by molar-refractivity contribution is 0.168. The molecule has 0 bridgehead atoms. The number of unbranched alkanes of at least 4 members (excludes halogenated alkanes) is 15. The highest BCUT2D eigenvalue weighted by Crippen LogP contribution is 2.18. The number of hydrogen-bond donors (Lipinski definition) is 0. The van der Waals surface area contributed by atoms with Crippen molar-refractivity contribution in [2.45, 2.75) is 129 Å². The molecule has 0 N–H and O–H groups in total. The summed E-state index contributed by atoms with van der Waals surface area (Å²) in [6.45, 7) is 5.82. The van der Waals surface area contributed by atoms with Gasteiger partial charge in [0, 0.05) is 26.0 Å². The van der Waals surface area contributed by atoms with Crippen molar-refractivity contribution in [3.8, 4) is 0 Å². The van der Waals surface area contributed by atoms with Gasteiger partial charge in [-0.25, -0.2) is 0 Å². The summed E-state index contributed by atoms with van der Waals surface area (Å²) < 4.78 is 0. The second kappa shape index (κ2) is 16.5. The Balaban J connectivity index is 1.75.